The Hall–Kier alpha value is -5.23. The van der Waals surface area contributed by atoms with Crippen LogP contribution in [0.2, 0.25) is 0 Å². The number of nitrogens with two attached hydrogens (primary N) is 1. The van der Waals surface area contributed by atoms with Gasteiger partial charge in [0, 0.05) is 32.9 Å². The Morgan fingerprint density at radius 1 is 0.686 bits per heavy atom. The zero-order chi connectivity index (χ0) is 36.8. The van der Waals surface area contributed by atoms with Crippen molar-refractivity contribution in [1.29, 1.82) is 0 Å². The lowest BCUT2D eigenvalue weighted by molar-refractivity contribution is -0.282. The highest BCUT2D eigenvalue weighted by Gasteiger charge is 2.11. The molecule has 0 aliphatic rings. The fraction of sp³-hybridized carbons (Fsp3) is 0.325. The zero-order valence-electron chi connectivity index (χ0n) is 30.2. The normalized spacial score (nSPS) is 10.5. The third-order valence-electron chi connectivity index (χ3n) is 7.13. The van der Waals surface area contributed by atoms with E-state index in [0.29, 0.717) is 56.4 Å². The molecule has 0 atom stereocenters. The highest BCUT2D eigenvalue weighted by molar-refractivity contribution is 5.94. The second kappa shape index (κ2) is 22.5. The van der Waals surface area contributed by atoms with Crippen LogP contribution >= 0.6 is 0 Å². The third kappa shape index (κ3) is 13.5. The number of carbonyl (C=O) groups excluding carboxylic acids is 2. The molecular weight excluding hydrogens is 648 g/mol. The van der Waals surface area contributed by atoms with E-state index in [1.54, 1.807) is 44.4 Å². The van der Waals surface area contributed by atoms with Crippen molar-refractivity contribution >= 4 is 34.3 Å². The number of nitrogen functional groups attached to an aromatic ring is 1. The molecule has 11 heteroatoms. The monoisotopic (exact) mass is 698 g/mol. The first-order valence-corrected chi connectivity index (χ1v) is 17.2. The van der Waals surface area contributed by atoms with Gasteiger partial charge in [0.1, 0.15) is 0 Å². The van der Waals surface area contributed by atoms with Gasteiger partial charge in [0.2, 0.25) is 0 Å². The second-order valence-corrected chi connectivity index (χ2v) is 10.8. The summed E-state index contributed by atoms with van der Waals surface area (Å²) in [6, 6.07) is 30.7. The van der Waals surface area contributed by atoms with E-state index in [4.69, 9.17) is 29.4 Å². The standard InChI is InChI=1S/C17H16N2O2.C16H18N2O2.C7H16O3/c1-2-21-17(20)14-8-9-15-16(10-14)19(12-18-15)11-13-6-4-3-5-7-13;1-2-20-16(19)13-8-9-14(17)15(10-13)18-11-12-6-4-3-5-7-12;1-4-8-7(9-5-2)10-6-3/h3-10,12H,2,11H2,1H3;3-10,18H,2,11,17H2,1H3;7H,4-6H2,1-3H3. The van der Waals surface area contributed by atoms with Gasteiger partial charge >= 0.3 is 11.9 Å². The molecule has 1 heterocycles. The molecule has 5 aromatic rings. The summed E-state index contributed by atoms with van der Waals surface area (Å²) in [6.07, 6.45) is 1.80. The Kier molecular flexibility index (Phi) is 17.7. The summed E-state index contributed by atoms with van der Waals surface area (Å²) in [5, 5.41) is 3.23. The van der Waals surface area contributed by atoms with E-state index >= 15 is 0 Å². The van der Waals surface area contributed by atoms with Crippen molar-refractivity contribution in [2.24, 2.45) is 0 Å². The second-order valence-electron chi connectivity index (χ2n) is 10.8. The van der Waals surface area contributed by atoms with E-state index < -0.39 is 6.48 Å². The van der Waals surface area contributed by atoms with Crippen LogP contribution in [0.25, 0.3) is 11.0 Å². The maximum Gasteiger partial charge on any atom is 0.338 e. The van der Waals surface area contributed by atoms with Gasteiger partial charge in [-0.05, 0) is 82.1 Å². The SMILES string of the molecule is CCOC(=O)c1ccc(N)c(NCc2ccccc2)c1.CCOC(=O)c1ccc2ncn(Cc3ccccc3)c2c1.CCOC(OCC)OCC. The van der Waals surface area contributed by atoms with E-state index in [1.165, 1.54) is 5.56 Å². The van der Waals surface area contributed by atoms with Gasteiger partial charge in [-0.2, -0.15) is 0 Å². The Morgan fingerprint density at radius 2 is 1.22 bits per heavy atom. The number of aromatic nitrogens is 2. The smallest absolute Gasteiger partial charge is 0.338 e. The fourth-order valence-corrected chi connectivity index (χ4v) is 4.70. The van der Waals surface area contributed by atoms with E-state index in [-0.39, 0.29) is 11.9 Å². The summed E-state index contributed by atoms with van der Waals surface area (Å²) in [5.41, 5.74) is 12.5. The van der Waals surface area contributed by atoms with Gasteiger partial charge in [0.05, 0.1) is 53.1 Å². The Morgan fingerprint density at radius 3 is 1.76 bits per heavy atom. The Bertz CT molecular complexity index is 1730. The predicted molar refractivity (Wildman–Crippen MR) is 200 cm³/mol. The summed E-state index contributed by atoms with van der Waals surface area (Å²) in [6.45, 7) is 12.8. The number of anilines is 2. The average Bonchev–Trinajstić information content (AvgIpc) is 3.55. The molecule has 11 nitrogen and oxygen atoms in total. The van der Waals surface area contributed by atoms with Gasteiger partial charge in [0.25, 0.3) is 6.48 Å². The van der Waals surface area contributed by atoms with E-state index in [0.717, 1.165) is 28.8 Å². The Labute approximate surface area is 300 Å². The van der Waals surface area contributed by atoms with Crippen LogP contribution in [-0.2, 0) is 36.8 Å². The van der Waals surface area contributed by atoms with E-state index in [2.05, 4.69) is 22.4 Å². The molecule has 5 rings (SSSR count). The minimum Gasteiger partial charge on any atom is -0.462 e. The van der Waals surface area contributed by atoms with Crippen LogP contribution in [0.3, 0.4) is 0 Å². The number of nitrogens with zero attached hydrogens (tertiary/aromatic N) is 2. The van der Waals surface area contributed by atoms with Gasteiger partial charge in [-0.15, -0.1) is 0 Å². The number of nitrogens with one attached hydrogen (secondary N) is 1. The minimum atomic E-state index is -0.472. The summed E-state index contributed by atoms with van der Waals surface area (Å²) in [5.74, 6) is -0.637. The van der Waals surface area contributed by atoms with Crippen LogP contribution < -0.4 is 11.1 Å². The summed E-state index contributed by atoms with van der Waals surface area (Å²) < 4.78 is 27.3. The maximum atomic E-state index is 11.8. The van der Waals surface area contributed by atoms with Crippen molar-refractivity contribution in [2.75, 3.05) is 44.1 Å². The molecule has 4 aromatic carbocycles. The largest absolute Gasteiger partial charge is 0.462 e. The minimum absolute atomic E-state index is 0.299. The van der Waals surface area contributed by atoms with Gasteiger partial charge < -0.3 is 39.3 Å². The van der Waals surface area contributed by atoms with Gasteiger partial charge in [-0.25, -0.2) is 14.6 Å². The predicted octanol–water partition coefficient (Wildman–Crippen LogP) is 7.70. The highest BCUT2D eigenvalue weighted by atomic mass is 16.8. The molecule has 0 amide bonds. The molecule has 0 bridgehead atoms. The highest BCUT2D eigenvalue weighted by Crippen LogP contribution is 2.22. The van der Waals surface area contributed by atoms with Crippen molar-refractivity contribution in [3.63, 3.8) is 0 Å². The average molecular weight is 699 g/mol. The first kappa shape index (κ1) is 40.2. The molecule has 0 saturated carbocycles. The lowest BCUT2D eigenvalue weighted by atomic mass is 10.1. The molecule has 3 N–H and O–H groups in total. The van der Waals surface area contributed by atoms with Crippen LogP contribution in [0.5, 0.6) is 0 Å². The Balaban J connectivity index is 0.000000220. The quantitative estimate of drug-likeness (QED) is 0.0636. The van der Waals surface area contributed by atoms with Gasteiger partial charge in [-0.1, -0.05) is 60.7 Å². The number of ether oxygens (including phenoxy) is 5. The molecular formula is C40H50N4O7. The molecule has 0 radical (unpaired) electrons. The molecule has 0 fully saturated rings. The van der Waals surface area contributed by atoms with Crippen LogP contribution in [0.4, 0.5) is 11.4 Å². The summed E-state index contributed by atoms with van der Waals surface area (Å²) in [7, 11) is 0. The van der Waals surface area contributed by atoms with Crippen molar-refractivity contribution in [1.82, 2.24) is 9.55 Å². The number of fused-ring (bicyclic) bond motifs is 1. The van der Waals surface area contributed by atoms with Crippen molar-refractivity contribution in [3.05, 3.63) is 126 Å². The number of esters is 2. The molecule has 272 valence electrons. The van der Waals surface area contributed by atoms with Crippen LogP contribution in [0.15, 0.2) is 103 Å². The van der Waals surface area contributed by atoms with Crippen LogP contribution in [0.1, 0.15) is 66.5 Å². The number of benzene rings is 4. The van der Waals surface area contributed by atoms with Gasteiger partial charge in [0.15, 0.2) is 0 Å². The van der Waals surface area contributed by atoms with E-state index in [9.17, 15) is 9.59 Å². The number of hydrogen-bond acceptors (Lipinski definition) is 10. The first-order chi connectivity index (χ1) is 24.8. The lowest BCUT2D eigenvalue weighted by Gasteiger charge is -2.15. The van der Waals surface area contributed by atoms with Crippen molar-refractivity contribution < 1.29 is 33.3 Å². The number of carbonyl (C=O) groups is 2. The topological polar surface area (TPSA) is 136 Å². The number of imidazole rings is 1. The molecule has 0 saturated heterocycles. The van der Waals surface area contributed by atoms with Crippen molar-refractivity contribution in [2.45, 2.75) is 54.2 Å². The van der Waals surface area contributed by atoms with E-state index in [1.807, 2.05) is 86.0 Å². The summed E-state index contributed by atoms with van der Waals surface area (Å²) >= 11 is 0. The van der Waals surface area contributed by atoms with Crippen molar-refractivity contribution in [3.8, 4) is 0 Å². The molecule has 1 aromatic heterocycles. The fourth-order valence-electron chi connectivity index (χ4n) is 4.70. The molecule has 0 unspecified atom stereocenters. The van der Waals surface area contributed by atoms with Crippen LogP contribution in [0, 0.1) is 0 Å². The molecule has 0 aliphatic heterocycles. The number of rotatable bonds is 15. The molecule has 51 heavy (non-hydrogen) atoms. The maximum absolute atomic E-state index is 11.8. The van der Waals surface area contributed by atoms with Crippen LogP contribution in [-0.4, -0.2) is 61.0 Å². The number of hydrogen-bond donors (Lipinski definition) is 2. The molecule has 0 aliphatic carbocycles. The zero-order valence-corrected chi connectivity index (χ0v) is 30.2. The lowest BCUT2D eigenvalue weighted by Crippen LogP contribution is -2.20. The third-order valence-corrected chi connectivity index (χ3v) is 7.13. The first-order valence-electron chi connectivity index (χ1n) is 17.2. The molecule has 0 spiro atoms. The summed E-state index contributed by atoms with van der Waals surface area (Å²) in [4.78, 5) is 27.9. The van der Waals surface area contributed by atoms with Gasteiger partial charge in [-0.3, -0.25) is 0 Å².